The first-order valence-corrected chi connectivity index (χ1v) is 6.41. The molecule has 0 bridgehead atoms. The van der Waals surface area contributed by atoms with E-state index in [0.717, 1.165) is 25.0 Å². The van der Waals surface area contributed by atoms with Gasteiger partial charge in [0.2, 0.25) is 0 Å². The summed E-state index contributed by atoms with van der Waals surface area (Å²) in [6, 6.07) is 8.37. The lowest BCUT2D eigenvalue weighted by molar-refractivity contribution is 0.0503. The second-order valence-corrected chi connectivity index (χ2v) is 4.56. The van der Waals surface area contributed by atoms with Crippen molar-refractivity contribution in [1.82, 2.24) is 0 Å². The summed E-state index contributed by atoms with van der Waals surface area (Å²) in [7, 11) is 0. The summed E-state index contributed by atoms with van der Waals surface area (Å²) < 4.78 is 6.20. The van der Waals surface area contributed by atoms with E-state index < -0.39 is 0 Å². The van der Waals surface area contributed by atoms with Gasteiger partial charge >= 0.3 is 0 Å². The molecule has 0 aliphatic carbocycles. The van der Waals surface area contributed by atoms with Crippen molar-refractivity contribution in [2.24, 2.45) is 0 Å². The zero-order chi connectivity index (χ0) is 12.0. The van der Waals surface area contributed by atoms with Gasteiger partial charge in [-0.15, -0.1) is 0 Å². The van der Waals surface area contributed by atoms with Crippen LogP contribution in [0.3, 0.4) is 0 Å². The Hall–Kier alpha value is -0.980. The zero-order valence-electron chi connectivity index (χ0n) is 11.0. The van der Waals surface area contributed by atoms with E-state index in [1.807, 2.05) is 0 Å². The molecule has 1 rings (SSSR count). The van der Waals surface area contributed by atoms with Crippen LogP contribution in [0.2, 0.25) is 0 Å². The Labute approximate surface area is 99.8 Å². The molecule has 90 valence electrons. The Morgan fingerprint density at radius 2 is 1.56 bits per heavy atom. The average molecular weight is 220 g/mol. The maximum Gasteiger partial charge on any atom is 0.120 e. The molecular weight excluding hydrogens is 196 g/mol. The van der Waals surface area contributed by atoms with E-state index in [4.69, 9.17) is 4.74 Å². The first-order valence-electron chi connectivity index (χ1n) is 6.41. The molecule has 0 N–H and O–H groups in total. The second-order valence-electron chi connectivity index (χ2n) is 4.56. The van der Waals surface area contributed by atoms with Crippen LogP contribution in [0.15, 0.2) is 24.3 Å². The highest BCUT2D eigenvalue weighted by molar-refractivity contribution is 5.27. The van der Waals surface area contributed by atoms with Crippen molar-refractivity contribution in [3.05, 3.63) is 29.8 Å². The van der Waals surface area contributed by atoms with Gasteiger partial charge in [0.1, 0.15) is 11.4 Å². The maximum absolute atomic E-state index is 6.20. The van der Waals surface area contributed by atoms with Gasteiger partial charge in [-0.2, -0.15) is 0 Å². The molecule has 0 fully saturated rings. The summed E-state index contributed by atoms with van der Waals surface area (Å²) in [6.45, 7) is 8.75. The number of benzene rings is 1. The third-order valence-electron chi connectivity index (χ3n) is 3.35. The lowest BCUT2D eigenvalue weighted by Gasteiger charge is -2.32. The van der Waals surface area contributed by atoms with Crippen LogP contribution in [-0.4, -0.2) is 5.60 Å². The number of ether oxygens (including phenoxy) is 1. The fourth-order valence-corrected chi connectivity index (χ4v) is 2.11. The summed E-state index contributed by atoms with van der Waals surface area (Å²) in [4.78, 5) is 0. The van der Waals surface area contributed by atoms with Crippen LogP contribution in [0.4, 0.5) is 0 Å². The molecule has 0 saturated carbocycles. The predicted molar refractivity (Wildman–Crippen MR) is 70.0 cm³/mol. The Kier molecular flexibility index (Phi) is 4.85. The van der Waals surface area contributed by atoms with E-state index in [-0.39, 0.29) is 5.60 Å². The molecular formula is C15H24O. The lowest BCUT2D eigenvalue weighted by Crippen LogP contribution is -2.34. The molecule has 0 aliphatic heterocycles. The summed E-state index contributed by atoms with van der Waals surface area (Å²) in [5.41, 5.74) is 1.31. The molecule has 0 atom stereocenters. The minimum atomic E-state index is 0.0318. The number of rotatable bonds is 6. The molecule has 0 saturated heterocycles. The SMILES string of the molecule is CCCC(CC)(CC)Oc1ccc(C)cc1. The van der Waals surface area contributed by atoms with Gasteiger partial charge in [0.25, 0.3) is 0 Å². The summed E-state index contributed by atoms with van der Waals surface area (Å²) in [6.07, 6.45) is 4.46. The summed E-state index contributed by atoms with van der Waals surface area (Å²) >= 11 is 0. The highest BCUT2D eigenvalue weighted by Gasteiger charge is 2.26. The van der Waals surface area contributed by atoms with Crippen molar-refractivity contribution in [3.63, 3.8) is 0 Å². The van der Waals surface area contributed by atoms with Crippen molar-refractivity contribution < 1.29 is 4.74 Å². The van der Waals surface area contributed by atoms with Crippen LogP contribution < -0.4 is 4.74 Å². The second kappa shape index (κ2) is 5.93. The highest BCUT2D eigenvalue weighted by Crippen LogP contribution is 2.29. The van der Waals surface area contributed by atoms with Crippen LogP contribution in [-0.2, 0) is 0 Å². The molecule has 0 radical (unpaired) electrons. The Morgan fingerprint density at radius 3 is 2.00 bits per heavy atom. The third kappa shape index (κ3) is 3.26. The maximum atomic E-state index is 6.20. The fraction of sp³-hybridized carbons (Fsp3) is 0.600. The van der Waals surface area contributed by atoms with Gasteiger partial charge in [-0.05, 0) is 38.3 Å². The predicted octanol–water partition coefficient (Wildman–Crippen LogP) is 4.73. The van der Waals surface area contributed by atoms with Gasteiger partial charge in [0, 0.05) is 0 Å². The van der Waals surface area contributed by atoms with Gasteiger partial charge in [-0.3, -0.25) is 0 Å². The first-order chi connectivity index (χ1) is 7.65. The van der Waals surface area contributed by atoms with Gasteiger partial charge in [-0.1, -0.05) is 44.9 Å². The van der Waals surface area contributed by atoms with Crippen LogP contribution in [0.25, 0.3) is 0 Å². The van der Waals surface area contributed by atoms with E-state index in [9.17, 15) is 0 Å². The fourth-order valence-electron chi connectivity index (χ4n) is 2.11. The van der Waals surface area contributed by atoms with Crippen molar-refractivity contribution in [3.8, 4) is 5.75 Å². The van der Waals surface area contributed by atoms with Gasteiger partial charge in [0.15, 0.2) is 0 Å². The van der Waals surface area contributed by atoms with E-state index in [2.05, 4.69) is 52.0 Å². The van der Waals surface area contributed by atoms with E-state index in [0.29, 0.717) is 0 Å². The van der Waals surface area contributed by atoms with Crippen LogP contribution in [0, 0.1) is 6.92 Å². The average Bonchev–Trinajstić information content (AvgIpc) is 2.31. The monoisotopic (exact) mass is 220 g/mol. The number of aryl methyl sites for hydroxylation is 1. The Bertz CT molecular complexity index is 296. The largest absolute Gasteiger partial charge is 0.487 e. The van der Waals surface area contributed by atoms with Crippen molar-refractivity contribution in [1.29, 1.82) is 0 Å². The van der Waals surface area contributed by atoms with Crippen LogP contribution in [0.5, 0.6) is 5.75 Å². The summed E-state index contributed by atoms with van der Waals surface area (Å²) in [5.74, 6) is 1.00. The quantitative estimate of drug-likeness (QED) is 0.673. The highest BCUT2D eigenvalue weighted by atomic mass is 16.5. The summed E-state index contributed by atoms with van der Waals surface area (Å²) in [5, 5.41) is 0. The smallest absolute Gasteiger partial charge is 0.120 e. The van der Waals surface area contributed by atoms with Gasteiger partial charge < -0.3 is 4.74 Å². The number of hydrogen-bond acceptors (Lipinski definition) is 1. The first kappa shape index (κ1) is 13.1. The molecule has 1 aromatic rings. The standard InChI is InChI=1S/C15H24O/c1-5-12-15(6-2,7-3)16-14-10-8-13(4)9-11-14/h8-11H,5-7,12H2,1-4H3. The topological polar surface area (TPSA) is 9.23 Å². The molecule has 16 heavy (non-hydrogen) atoms. The molecule has 0 spiro atoms. The molecule has 0 heterocycles. The molecule has 0 aromatic heterocycles. The van der Waals surface area contributed by atoms with Gasteiger partial charge in [-0.25, -0.2) is 0 Å². The van der Waals surface area contributed by atoms with E-state index in [1.165, 1.54) is 12.0 Å². The Balaban J connectivity index is 2.78. The molecule has 0 unspecified atom stereocenters. The van der Waals surface area contributed by atoms with Crippen LogP contribution >= 0.6 is 0 Å². The van der Waals surface area contributed by atoms with Crippen molar-refractivity contribution in [2.75, 3.05) is 0 Å². The molecule has 1 nitrogen and oxygen atoms in total. The third-order valence-corrected chi connectivity index (χ3v) is 3.35. The van der Waals surface area contributed by atoms with Gasteiger partial charge in [0.05, 0.1) is 0 Å². The van der Waals surface area contributed by atoms with Crippen molar-refractivity contribution >= 4 is 0 Å². The molecule has 1 aromatic carbocycles. The van der Waals surface area contributed by atoms with E-state index in [1.54, 1.807) is 0 Å². The zero-order valence-corrected chi connectivity index (χ0v) is 11.0. The molecule has 0 amide bonds. The minimum Gasteiger partial charge on any atom is -0.487 e. The number of hydrogen-bond donors (Lipinski definition) is 0. The molecule has 1 heteroatoms. The van der Waals surface area contributed by atoms with Crippen LogP contribution in [0.1, 0.15) is 52.0 Å². The lowest BCUT2D eigenvalue weighted by atomic mass is 9.91. The van der Waals surface area contributed by atoms with E-state index >= 15 is 0 Å². The molecule has 0 aliphatic rings. The Morgan fingerprint density at radius 1 is 1.00 bits per heavy atom. The normalized spacial score (nSPS) is 11.5. The minimum absolute atomic E-state index is 0.0318. The van der Waals surface area contributed by atoms with Crippen molar-refractivity contribution in [2.45, 2.75) is 59.0 Å².